The number of hydrogen-bond donors (Lipinski definition) is 1. The first-order valence-electron chi connectivity index (χ1n) is 6.56. The minimum absolute atomic E-state index is 0.0422. The molecule has 9 heteroatoms. The Morgan fingerprint density at radius 3 is 2.67 bits per heavy atom. The van der Waals surface area contributed by atoms with Gasteiger partial charge in [-0.05, 0) is 30.9 Å². The van der Waals surface area contributed by atoms with Crippen LogP contribution in [0.3, 0.4) is 0 Å². The SMILES string of the molecule is COCCC1(C(=O)NS(=O)(=O)c2cnc(Cl)n2C)CCC1. The fourth-order valence-corrected chi connectivity index (χ4v) is 3.79. The molecule has 0 atom stereocenters. The van der Waals surface area contributed by atoms with Crippen molar-refractivity contribution < 1.29 is 17.9 Å². The van der Waals surface area contributed by atoms with Crippen molar-refractivity contribution in [3.05, 3.63) is 11.5 Å². The van der Waals surface area contributed by atoms with Gasteiger partial charge in [-0.2, -0.15) is 8.42 Å². The van der Waals surface area contributed by atoms with Gasteiger partial charge in [0.1, 0.15) is 0 Å². The highest BCUT2D eigenvalue weighted by Crippen LogP contribution is 2.44. The second kappa shape index (κ2) is 5.94. The smallest absolute Gasteiger partial charge is 0.281 e. The summed E-state index contributed by atoms with van der Waals surface area (Å²) < 4.78 is 32.9. The quantitative estimate of drug-likeness (QED) is 0.840. The largest absolute Gasteiger partial charge is 0.385 e. The van der Waals surface area contributed by atoms with E-state index < -0.39 is 21.3 Å². The van der Waals surface area contributed by atoms with Gasteiger partial charge in [0, 0.05) is 20.8 Å². The van der Waals surface area contributed by atoms with Gasteiger partial charge in [0.25, 0.3) is 10.0 Å². The molecule has 1 amide bonds. The Kier molecular flexibility index (Phi) is 4.60. The van der Waals surface area contributed by atoms with Crippen LogP contribution in [0, 0.1) is 5.41 Å². The van der Waals surface area contributed by atoms with Crippen LogP contribution in [-0.2, 0) is 26.6 Å². The van der Waals surface area contributed by atoms with E-state index in [1.54, 1.807) is 7.11 Å². The number of carbonyl (C=O) groups is 1. The highest BCUT2D eigenvalue weighted by molar-refractivity contribution is 7.90. The van der Waals surface area contributed by atoms with Gasteiger partial charge in [0.15, 0.2) is 5.03 Å². The minimum atomic E-state index is -3.98. The topological polar surface area (TPSA) is 90.3 Å². The van der Waals surface area contributed by atoms with Gasteiger partial charge in [0.2, 0.25) is 11.2 Å². The Morgan fingerprint density at radius 1 is 1.57 bits per heavy atom. The van der Waals surface area contributed by atoms with Crippen LogP contribution in [0.25, 0.3) is 0 Å². The van der Waals surface area contributed by atoms with Crippen molar-refractivity contribution in [2.24, 2.45) is 12.5 Å². The second-order valence-electron chi connectivity index (χ2n) is 5.24. The molecule has 1 aromatic heterocycles. The molecule has 2 rings (SSSR count). The highest BCUT2D eigenvalue weighted by atomic mass is 35.5. The van der Waals surface area contributed by atoms with Crippen molar-refractivity contribution in [1.82, 2.24) is 14.3 Å². The molecule has 1 saturated carbocycles. The van der Waals surface area contributed by atoms with Crippen LogP contribution in [0.1, 0.15) is 25.7 Å². The molecule has 118 valence electrons. The van der Waals surface area contributed by atoms with E-state index in [0.29, 0.717) is 25.9 Å². The fraction of sp³-hybridized carbons (Fsp3) is 0.667. The number of nitrogens with one attached hydrogen (secondary N) is 1. The van der Waals surface area contributed by atoms with E-state index in [1.807, 2.05) is 0 Å². The van der Waals surface area contributed by atoms with Crippen LogP contribution in [0.4, 0.5) is 0 Å². The third-order valence-corrected chi connectivity index (χ3v) is 5.70. The predicted octanol–water partition coefficient (Wildman–Crippen LogP) is 1.09. The lowest BCUT2D eigenvalue weighted by Crippen LogP contribution is -2.48. The number of rotatable bonds is 6. The Labute approximate surface area is 128 Å². The number of imidazole rings is 1. The van der Waals surface area contributed by atoms with Gasteiger partial charge < -0.3 is 9.30 Å². The number of hydrogen-bond acceptors (Lipinski definition) is 5. The standard InChI is InChI=1S/C12H18ClN3O4S/c1-16-9(8-14-11(16)13)21(18,19)15-10(17)12(4-3-5-12)6-7-20-2/h8H,3-7H2,1-2H3,(H,15,17). The first-order chi connectivity index (χ1) is 9.82. The third-order valence-electron chi connectivity index (χ3n) is 3.97. The average Bonchev–Trinajstić information content (AvgIpc) is 2.69. The molecule has 1 aliphatic carbocycles. The van der Waals surface area contributed by atoms with E-state index >= 15 is 0 Å². The molecule has 1 heterocycles. The van der Waals surface area contributed by atoms with Crippen molar-refractivity contribution in [3.8, 4) is 0 Å². The molecule has 1 fully saturated rings. The summed E-state index contributed by atoms with van der Waals surface area (Å²) in [5.74, 6) is -0.483. The molecule has 0 radical (unpaired) electrons. The van der Waals surface area contributed by atoms with Crippen LogP contribution >= 0.6 is 11.6 Å². The van der Waals surface area contributed by atoms with Crippen LogP contribution < -0.4 is 4.72 Å². The van der Waals surface area contributed by atoms with Crippen molar-refractivity contribution in [1.29, 1.82) is 0 Å². The molecule has 21 heavy (non-hydrogen) atoms. The molecule has 0 spiro atoms. The van der Waals surface area contributed by atoms with Crippen LogP contribution in [0.15, 0.2) is 11.2 Å². The number of ether oxygens (including phenoxy) is 1. The Bertz CT molecular complexity index is 637. The molecule has 0 aliphatic heterocycles. The third kappa shape index (κ3) is 3.07. The first-order valence-corrected chi connectivity index (χ1v) is 8.42. The Hall–Kier alpha value is -1.12. The molecule has 0 aromatic carbocycles. The molecule has 0 bridgehead atoms. The first kappa shape index (κ1) is 16.3. The summed E-state index contributed by atoms with van der Waals surface area (Å²) in [7, 11) is -0.953. The Balaban J connectivity index is 2.16. The van der Waals surface area contributed by atoms with E-state index in [4.69, 9.17) is 16.3 Å². The van der Waals surface area contributed by atoms with Gasteiger partial charge in [-0.1, -0.05) is 6.42 Å². The maximum Gasteiger partial charge on any atom is 0.281 e. The summed E-state index contributed by atoms with van der Waals surface area (Å²) in [4.78, 5) is 16.1. The molecule has 0 unspecified atom stereocenters. The van der Waals surface area contributed by atoms with Gasteiger partial charge in [-0.3, -0.25) is 4.79 Å². The van der Waals surface area contributed by atoms with Gasteiger partial charge in [-0.15, -0.1) is 0 Å². The zero-order valence-corrected chi connectivity index (χ0v) is 13.5. The Morgan fingerprint density at radius 2 is 2.24 bits per heavy atom. The number of amides is 1. The van der Waals surface area contributed by atoms with E-state index in [1.165, 1.54) is 11.6 Å². The second-order valence-corrected chi connectivity index (χ2v) is 7.20. The fourth-order valence-electron chi connectivity index (χ4n) is 2.40. The normalized spacial score (nSPS) is 17.3. The van der Waals surface area contributed by atoms with Crippen LogP contribution in [0.2, 0.25) is 5.28 Å². The maximum atomic E-state index is 12.4. The summed E-state index contributed by atoms with van der Waals surface area (Å²) in [6, 6.07) is 0. The lowest BCUT2D eigenvalue weighted by molar-refractivity contribution is -0.135. The molecule has 0 saturated heterocycles. The molecule has 7 nitrogen and oxygen atoms in total. The average molecular weight is 336 g/mol. The number of sulfonamides is 1. The lowest BCUT2D eigenvalue weighted by Gasteiger charge is -2.39. The van der Waals surface area contributed by atoms with Crippen LogP contribution in [-0.4, -0.2) is 37.6 Å². The zero-order valence-electron chi connectivity index (χ0n) is 11.9. The van der Waals surface area contributed by atoms with Crippen molar-refractivity contribution in [2.75, 3.05) is 13.7 Å². The molecule has 1 aromatic rings. The van der Waals surface area contributed by atoms with Gasteiger partial charge in [0.05, 0.1) is 11.6 Å². The summed E-state index contributed by atoms with van der Waals surface area (Å²) in [5, 5.41) is -0.0948. The number of carbonyl (C=O) groups excluding carboxylic acids is 1. The summed E-state index contributed by atoms with van der Waals surface area (Å²) >= 11 is 5.73. The van der Waals surface area contributed by atoms with E-state index in [0.717, 1.165) is 12.6 Å². The number of aromatic nitrogens is 2. The van der Waals surface area contributed by atoms with Crippen molar-refractivity contribution in [2.45, 2.75) is 30.7 Å². The van der Waals surface area contributed by atoms with E-state index in [9.17, 15) is 13.2 Å². The molecule has 1 N–H and O–H groups in total. The van der Waals surface area contributed by atoms with E-state index in [2.05, 4.69) is 9.71 Å². The zero-order chi connectivity index (χ0) is 15.7. The van der Waals surface area contributed by atoms with E-state index in [-0.39, 0.29) is 10.3 Å². The van der Waals surface area contributed by atoms with Crippen molar-refractivity contribution in [3.63, 3.8) is 0 Å². The van der Waals surface area contributed by atoms with Gasteiger partial charge in [-0.25, -0.2) is 9.71 Å². The maximum absolute atomic E-state index is 12.4. The summed E-state index contributed by atoms with van der Waals surface area (Å²) in [6.07, 6.45) is 3.89. The highest BCUT2D eigenvalue weighted by Gasteiger charge is 2.45. The predicted molar refractivity (Wildman–Crippen MR) is 76.3 cm³/mol. The summed E-state index contributed by atoms with van der Waals surface area (Å²) in [5.41, 5.74) is -0.647. The summed E-state index contributed by atoms with van der Waals surface area (Å²) in [6.45, 7) is 0.422. The van der Waals surface area contributed by atoms with Gasteiger partial charge >= 0.3 is 0 Å². The molecule has 1 aliphatic rings. The molecular formula is C12H18ClN3O4S. The van der Waals surface area contributed by atoms with Crippen LogP contribution in [0.5, 0.6) is 0 Å². The number of nitrogens with zero attached hydrogens (tertiary/aromatic N) is 2. The lowest BCUT2D eigenvalue weighted by atomic mass is 9.66. The number of halogens is 1. The number of methoxy groups -OCH3 is 1. The van der Waals surface area contributed by atoms with Crippen molar-refractivity contribution >= 4 is 27.5 Å². The molecular weight excluding hydrogens is 318 g/mol. The minimum Gasteiger partial charge on any atom is -0.385 e. The monoisotopic (exact) mass is 335 g/mol.